The number of aromatic nitrogens is 2. The van der Waals surface area contributed by atoms with Crippen molar-refractivity contribution in [3.63, 3.8) is 0 Å². The highest BCUT2D eigenvalue weighted by molar-refractivity contribution is 9.10. The Morgan fingerprint density at radius 3 is 0.934 bits per heavy atom. The Kier molecular flexibility index (Phi) is 12.5. The van der Waals surface area contributed by atoms with Crippen LogP contribution < -0.4 is 5.46 Å². The van der Waals surface area contributed by atoms with Crippen LogP contribution in [0.15, 0.2) is 306 Å². The van der Waals surface area contributed by atoms with Gasteiger partial charge < -0.3 is 19.2 Å². The fourth-order valence-corrected chi connectivity index (χ4v) is 15.7. The first-order chi connectivity index (χ1) is 44.8. The Hall–Kier alpha value is -10.4. The average Bonchev–Trinajstić information content (AvgIpc) is 1.80. The summed E-state index contributed by atoms with van der Waals surface area (Å²) in [6.07, 6.45) is 0. The summed E-state index contributed by atoms with van der Waals surface area (Å²) in [6.45, 7) is 0. The minimum absolute atomic E-state index is 0.561. The van der Waals surface area contributed by atoms with Crippen molar-refractivity contribution < 1.29 is 10.0 Å². The normalized spacial score (nSPS) is 12.0. The lowest BCUT2D eigenvalue weighted by molar-refractivity contribution is 0.426. The van der Waals surface area contributed by atoms with Crippen LogP contribution in [0.3, 0.4) is 0 Å². The first kappa shape index (κ1) is 53.6. The maximum Gasteiger partial charge on any atom is 0.489 e. The standard InChI is InChI=1S/C50H29N.C18H11Br2N.C16H11BO2/c1-2-10-38(11-3-1)51-45-26-20-36(39-22-16-34-14-12-30-6-4-8-32-18-24-41(39)49(34)47(30)32)28-43(45)44-29-37(21-27-46(44)51)40-23-17-35-15-13-31-7-5-9-33-19-25-42(40)50(35)48(31)33;19-12-6-8-17-15(10-12)16-11-13(20)7-9-18(16)21(17)14-4-2-1-3-5-14;18-17(19)14-9-7-12-5-4-10-2-1-3-11-6-8-13(14)16(12)15(10)11/h1-29H;1-11H;1-9,18-19H. The number of para-hydroxylation sites is 2. The molecule has 18 aromatic carbocycles. The van der Waals surface area contributed by atoms with Gasteiger partial charge >= 0.3 is 7.12 Å². The molecular weight excluding hydrogens is 1240 g/mol. The van der Waals surface area contributed by atoms with Gasteiger partial charge in [0.05, 0.1) is 22.1 Å². The maximum atomic E-state index is 9.51. The lowest BCUT2D eigenvalue weighted by atomic mass is 9.75. The van der Waals surface area contributed by atoms with Crippen molar-refractivity contribution in [1.82, 2.24) is 9.13 Å². The molecule has 0 amide bonds. The van der Waals surface area contributed by atoms with Gasteiger partial charge in [0.2, 0.25) is 0 Å². The summed E-state index contributed by atoms with van der Waals surface area (Å²) in [6, 6.07) is 107. The molecule has 2 N–H and O–H groups in total. The van der Waals surface area contributed by atoms with Crippen molar-refractivity contribution in [2.45, 2.75) is 0 Å². The first-order valence-electron chi connectivity index (χ1n) is 30.7. The number of nitrogens with zero attached hydrogens (tertiary/aromatic N) is 2. The number of halogens is 2. The third-order valence-electron chi connectivity index (χ3n) is 19.0. The molecule has 2 heterocycles. The van der Waals surface area contributed by atoms with Crippen LogP contribution in [0.5, 0.6) is 0 Å². The minimum Gasteiger partial charge on any atom is -0.423 e. The predicted octanol–water partition coefficient (Wildman–Crippen LogP) is 22.5. The number of benzene rings is 18. The molecule has 0 unspecified atom stereocenters. The topological polar surface area (TPSA) is 50.3 Å². The molecule has 0 spiro atoms. The molecule has 0 saturated heterocycles. The number of hydrogen-bond acceptors (Lipinski definition) is 2. The van der Waals surface area contributed by atoms with Gasteiger partial charge in [-0.15, -0.1) is 0 Å². The van der Waals surface area contributed by atoms with E-state index in [0.717, 1.165) is 25.1 Å². The van der Waals surface area contributed by atoms with Gasteiger partial charge in [0.1, 0.15) is 0 Å². The molecular formula is C84H51BBr2N2O2. The van der Waals surface area contributed by atoms with Crippen LogP contribution >= 0.6 is 31.9 Å². The van der Waals surface area contributed by atoms with Crippen LogP contribution in [-0.4, -0.2) is 26.3 Å². The van der Waals surface area contributed by atoms with Crippen LogP contribution in [0.25, 0.3) is 174 Å². The third-order valence-corrected chi connectivity index (χ3v) is 20.0. The van der Waals surface area contributed by atoms with E-state index in [1.807, 2.05) is 30.3 Å². The molecule has 0 aliphatic rings. The Morgan fingerprint density at radius 2 is 0.549 bits per heavy atom. The first-order valence-corrected chi connectivity index (χ1v) is 32.3. The van der Waals surface area contributed by atoms with Crippen molar-refractivity contribution in [1.29, 1.82) is 0 Å². The van der Waals surface area contributed by atoms with Gasteiger partial charge in [-0.2, -0.15) is 0 Å². The summed E-state index contributed by atoms with van der Waals surface area (Å²) in [5, 5.41) is 46.5. The van der Waals surface area contributed by atoms with Gasteiger partial charge in [0.15, 0.2) is 0 Å². The zero-order chi connectivity index (χ0) is 60.6. The molecule has 0 aliphatic carbocycles. The van der Waals surface area contributed by atoms with Crippen LogP contribution in [0.2, 0.25) is 0 Å². The summed E-state index contributed by atoms with van der Waals surface area (Å²) < 4.78 is 6.93. The third kappa shape index (κ3) is 8.57. The lowest BCUT2D eigenvalue weighted by Gasteiger charge is -2.14. The molecule has 0 aliphatic heterocycles. The molecule has 0 fully saturated rings. The molecule has 91 heavy (non-hydrogen) atoms. The fraction of sp³-hybridized carbons (Fsp3) is 0. The summed E-state index contributed by atoms with van der Waals surface area (Å²) in [5.74, 6) is 0. The Labute approximate surface area is 540 Å². The van der Waals surface area contributed by atoms with E-state index in [-0.39, 0.29) is 0 Å². The number of hydrogen-bond donors (Lipinski definition) is 2. The van der Waals surface area contributed by atoms with E-state index in [2.05, 4.69) is 302 Å². The monoisotopic (exact) mass is 1290 g/mol. The molecule has 4 nitrogen and oxygen atoms in total. The van der Waals surface area contributed by atoms with Crippen LogP contribution in [0.1, 0.15) is 0 Å². The van der Waals surface area contributed by atoms with Gasteiger partial charge in [-0.25, -0.2) is 0 Å². The lowest BCUT2D eigenvalue weighted by Crippen LogP contribution is -2.30. The minimum atomic E-state index is -1.44. The largest absolute Gasteiger partial charge is 0.489 e. The smallest absolute Gasteiger partial charge is 0.423 e. The Balaban J connectivity index is 0.000000125. The van der Waals surface area contributed by atoms with Gasteiger partial charge in [0, 0.05) is 41.9 Å². The molecule has 0 saturated carbocycles. The highest BCUT2D eigenvalue weighted by Gasteiger charge is 2.21. The maximum absolute atomic E-state index is 9.51. The molecule has 2 aromatic heterocycles. The highest BCUT2D eigenvalue weighted by atomic mass is 79.9. The zero-order valence-corrected chi connectivity index (χ0v) is 52.1. The second-order valence-electron chi connectivity index (χ2n) is 24.0. The van der Waals surface area contributed by atoms with E-state index in [0.29, 0.717) is 5.46 Å². The fourth-order valence-electron chi connectivity index (χ4n) is 15.0. The highest BCUT2D eigenvalue weighted by Crippen LogP contribution is 2.45. The van der Waals surface area contributed by atoms with Crippen LogP contribution in [-0.2, 0) is 0 Å². The summed E-state index contributed by atoms with van der Waals surface area (Å²) in [5.41, 5.74) is 12.8. The second kappa shape index (κ2) is 21.1. The number of fused-ring (bicyclic) bond motifs is 6. The van der Waals surface area contributed by atoms with Gasteiger partial charge in [-0.3, -0.25) is 0 Å². The average molecular weight is 1290 g/mol. The summed E-state index contributed by atoms with van der Waals surface area (Å²) >= 11 is 7.16. The van der Waals surface area contributed by atoms with Gasteiger partial charge in [-0.05, 0) is 210 Å². The van der Waals surface area contributed by atoms with Gasteiger partial charge in [-0.1, -0.05) is 244 Å². The van der Waals surface area contributed by atoms with Crippen molar-refractivity contribution in [2.75, 3.05) is 0 Å². The van der Waals surface area contributed by atoms with Crippen molar-refractivity contribution >= 4 is 185 Å². The van der Waals surface area contributed by atoms with Gasteiger partial charge in [0.25, 0.3) is 0 Å². The molecule has 426 valence electrons. The summed E-state index contributed by atoms with van der Waals surface area (Å²) in [4.78, 5) is 0. The van der Waals surface area contributed by atoms with E-state index in [9.17, 15) is 10.0 Å². The van der Waals surface area contributed by atoms with Crippen molar-refractivity contribution in [3.8, 4) is 33.6 Å². The second-order valence-corrected chi connectivity index (χ2v) is 25.8. The van der Waals surface area contributed by atoms with Crippen LogP contribution in [0.4, 0.5) is 0 Å². The predicted molar refractivity (Wildman–Crippen MR) is 395 cm³/mol. The summed E-state index contributed by atoms with van der Waals surface area (Å²) in [7, 11) is -1.44. The quantitative estimate of drug-likeness (QED) is 0.133. The number of rotatable bonds is 5. The molecule has 20 aromatic rings. The van der Waals surface area contributed by atoms with Crippen LogP contribution in [0, 0.1) is 0 Å². The van der Waals surface area contributed by atoms with E-state index in [1.165, 1.54) is 158 Å². The SMILES string of the molecule is Brc1ccc2c(c1)c1cc(Br)ccc1n2-c1ccccc1.OB(O)c1ccc2ccc3cccc4ccc1c2c34.c1ccc(-n2c3ccc(-c4ccc5ccc6cccc7ccc4c5c67)cc3c3cc(-c4ccc5ccc6cccc7ccc4c5c67)ccc32)cc1. The van der Waals surface area contributed by atoms with Crippen molar-refractivity contribution in [3.05, 3.63) is 306 Å². The van der Waals surface area contributed by atoms with E-state index in [1.54, 1.807) is 6.07 Å². The zero-order valence-electron chi connectivity index (χ0n) is 48.9. The molecule has 0 atom stereocenters. The Bertz CT molecular complexity index is 5960. The van der Waals surface area contributed by atoms with Crippen molar-refractivity contribution in [2.24, 2.45) is 0 Å². The molecule has 0 bridgehead atoms. The molecule has 20 rings (SSSR count). The van der Waals surface area contributed by atoms with E-state index in [4.69, 9.17) is 0 Å². The molecule has 7 heteroatoms. The molecule has 0 radical (unpaired) electrons. The van der Waals surface area contributed by atoms with E-state index >= 15 is 0 Å². The Morgan fingerprint density at radius 1 is 0.242 bits per heavy atom. The van der Waals surface area contributed by atoms with E-state index < -0.39 is 7.12 Å².